The van der Waals surface area contributed by atoms with Gasteiger partial charge in [-0.25, -0.2) is 20.1 Å². The molecule has 0 fully saturated rings. The normalized spacial score (nSPS) is 13.5. The molecule has 3 rings (SSSR count). The molecule has 0 N–H and O–H groups in total. The van der Waals surface area contributed by atoms with Crippen molar-refractivity contribution in [1.29, 1.82) is 15.8 Å². The molecule has 0 unspecified atom stereocenters. The van der Waals surface area contributed by atoms with Gasteiger partial charge in [0, 0.05) is 11.1 Å². The average molecular weight is 348 g/mol. The molecule has 1 aromatic heterocycles. The van der Waals surface area contributed by atoms with Gasteiger partial charge in [-0.1, -0.05) is 6.07 Å². The molecule has 0 saturated heterocycles. The van der Waals surface area contributed by atoms with Crippen molar-refractivity contribution in [2.45, 2.75) is 6.18 Å². The average Bonchev–Trinajstić information content (AvgIpc) is 2.94. The highest BCUT2D eigenvalue weighted by atomic mass is 19.4. The second-order valence-electron chi connectivity index (χ2n) is 5.05. The molecule has 26 heavy (non-hydrogen) atoms. The van der Waals surface area contributed by atoms with Crippen LogP contribution in [-0.4, -0.2) is 9.97 Å². The topological polar surface area (TPSA) is 102 Å². The summed E-state index contributed by atoms with van der Waals surface area (Å²) in [5.74, 6) is 0. The smallest absolute Gasteiger partial charge is 0.233 e. The van der Waals surface area contributed by atoms with Gasteiger partial charge in [-0.2, -0.15) is 23.7 Å². The molecule has 1 heterocycles. The Labute approximate surface area is 144 Å². The molecule has 122 valence electrons. The van der Waals surface area contributed by atoms with Crippen LogP contribution in [-0.2, 0) is 6.18 Å². The summed E-state index contributed by atoms with van der Waals surface area (Å²) in [6.07, 6.45) is -4.63. The van der Waals surface area contributed by atoms with Crippen LogP contribution in [0.25, 0.3) is 21.7 Å². The fourth-order valence-electron chi connectivity index (χ4n) is 2.59. The van der Waals surface area contributed by atoms with Crippen LogP contribution >= 0.6 is 0 Å². The van der Waals surface area contributed by atoms with Gasteiger partial charge in [0.05, 0.1) is 29.6 Å². The summed E-state index contributed by atoms with van der Waals surface area (Å²) in [6, 6.07) is 7.78. The summed E-state index contributed by atoms with van der Waals surface area (Å²) in [5.41, 5.74) is -2.06. The third-order valence-electron chi connectivity index (χ3n) is 3.67. The van der Waals surface area contributed by atoms with Crippen molar-refractivity contribution in [3.8, 4) is 29.5 Å². The highest BCUT2D eigenvalue weighted by molar-refractivity contribution is 6.01. The van der Waals surface area contributed by atoms with Crippen molar-refractivity contribution in [3.63, 3.8) is 0 Å². The first-order valence-corrected chi connectivity index (χ1v) is 6.82. The van der Waals surface area contributed by atoms with Crippen molar-refractivity contribution < 1.29 is 13.2 Å². The maximum Gasteiger partial charge on any atom is 0.416 e. The summed E-state index contributed by atoms with van der Waals surface area (Å²) in [4.78, 5) is 11.0. The molecule has 1 aromatic carbocycles. The van der Waals surface area contributed by atoms with Crippen molar-refractivity contribution >= 4 is 5.57 Å². The number of halogens is 3. The predicted molar refractivity (Wildman–Crippen MR) is 80.1 cm³/mol. The Morgan fingerprint density at radius 1 is 1.00 bits per heavy atom. The minimum absolute atomic E-state index is 0.0404. The monoisotopic (exact) mass is 348 g/mol. The number of nitriles is 3. The number of fused-ring (bicyclic) bond motifs is 3. The van der Waals surface area contributed by atoms with Gasteiger partial charge in [0.25, 0.3) is 5.70 Å². The van der Waals surface area contributed by atoms with E-state index in [-0.39, 0.29) is 39.5 Å². The molecule has 0 radical (unpaired) electrons. The van der Waals surface area contributed by atoms with Crippen LogP contribution in [0.3, 0.4) is 0 Å². The van der Waals surface area contributed by atoms with Crippen LogP contribution in [0.5, 0.6) is 0 Å². The Balaban J connectivity index is 2.46. The SMILES string of the molecule is [C-]#[N+]/C(C#N)=C1\c2cc(C(F)(F)F)ccc2-c2nc(C#N)c(C#N)nc21. The number of hydrogen-bond acceptors (Lipinski definition) is 5. The largest absolute Gasteiger partial charge is 0.416 e. The van der Waals surface area contributed by atoms with E-state index in [4.69, 9.17) is 17.1 Å². The number of allylic oxidation sites excluding steroid dienone is 1. The lowest BCUT2D eigenvalue weighted by molar-refractivity contribution is -0.137. The fraction of sp³-hybridized carbons (Fsp3) is 0.0588. The van der Waals surface area contributed by atoms with E-state index in [1.807, 2.05) is 0 Å². The zero-order valence-electron chi connectivity index (χ0n) is 12.5. The maximum absolute atomic E-state index is 13.1. The molecule has 9 heteroatoms. The number of alkyl halides is 3. The Hall–Kier alpha value is -4.21. The molecule has 0 saturated carbocycles. The van der Waals surface area contributed by atoms with E-state index in [2.05, 4.69) is 14.8 Å². The predicted octanol–water partition coefficient (Wildman–Crippen LogP) is 3.42. The summed E-state index contributed by atoms with van der Waals surface area (Å²) < 4.78 is 39.2. The van der Waals surface area contributed by atoms with Crippen molar-refractivity contribution in [2.75, 3.05) is 0 Å². The molecule has 0 bridgehead atoms. The van der Waals surface area contributed by atoms with Gasteiger partial charge in [-0.05, 0) is 17.7 Å². The van der Waals surface area contributed by atoms with Gasteiger partial charge in [0.1, 0.15) is 12.1 Å². The summed E-state index contributed by atoms with van der Waals surface area (Å²) in [5, 5.41) is 27.4. The van der Waals surface area contributed by atoms with Crippen molar-refractivity contribution in [3.05, 3.63) is 63.5 Å². The number of hydrogen-bond donors (Lipinski definition) is 0. The Bertz CT molecular complexity index is 1150. The Kier molecular flexibility index (Phi) is 3.65. The van der Waals surface area contributed by atoms with E-state index in [1.165, 1.54) is 0 Å². The Morgan fingerprint density at radius 2 is 1.62 bits per heavy atom. The molecule has 0 aliphatic heterocycles. The second kappa shape index (κ2) is 5.70. The first-order chi connectivity index (χ1) is 12.3. The van der Waals surface area contributed by atoms with Crippen LogP contribution in [0.1, 0.15) is 28.2 Å². The second-order valence-corrected chi connectivity index (χ2v) is 5.05. The molecular weight excluding hydrogens is 345 g/mol. The van der Waals surface area contributed by atoms with E-state index in [9.17, 15) is 18.4 Å². The van der Waals surface area contributed by atoms with E-state index < -0.39 is 17.4 Å². The minimum atomic E-state index is -4.63. The van der Waals surface area contributed by atoms with Gasteiger partial charge >= 0.3 is 6.18 Å². The van der Waals surface area contributed by atoms with Crippen molar-refractivity contribution in [2.24, 2.45) is 0 Å². The van der Waals surface area contributed by atoms with Gasteiger partial charge < -0.3 is 0 Å². The van der Waals surface area contributed by atoms with E-state index in [0.717, 1.165) is 18.2 Å². The molecule has 1 aliphatic rings. The van der Waals surface area contributed by atoms with Crippen LogP contribution in [0, 0.1) is 40.6 Å². The highest BCUT2D eigenvalue weighted by Gasteiger charge is 2.36. The molecule has 0 spiro atoms. The third kappa shape index (κ3) is 2.33. The molecule has 0 atom stereocenters. The summed E-state index contributed by atoms with van der Waals surface area (Å²) in [7, 11) is 0. The van der Waals surface area contributed by atoms with Crippen LogP contribution in [0.2, 0.25) is 0 Å². The van der Waals surface area contributed by atoms with Gasteiger partial charge in [0.15, 0.2) is 11.4 Å². The first-order valence-electron chi connectivity index (χ1n) is 6.82. The lowest BCUT2D eigenvalue weighted by Gasteiger charge is -2.09. The van der Waals surface area contributed by atoms with Crippen LogP contribution < -0.4 is 0 Å². The van der Waals surface area contributed by atoms with Gasteiger partial charge in [-0.15, -0.1) is 0 Å². The van der Waals surface area contributed by atoms with E-state index >= 15 is 0 Å². The standard InChI is InChI=1S/C17H3F3N6/c1-24-13(7-23)14-10-4-8(17(18,19)20)2-3-9(10)15-16(14)26-12(6-22)11(5-21)25-15/h2-4H/b14-13+. The number of benzene rings is 1. The van der Waals surface area contributed by atoms with Gasteiger partial charge in [0.2, 0.25) is 0 Å². The van der Waals surface area contributed by atoms with E-state index in [0.29, 0.717) is 0 Å². The quantitative estimate of drug-likeness (QED) is 0.457. The zero-order chi connectivity index (χ0) is 19.1. The summed E-state index contributed by atoms with van der Waals surface area (Å²) in [6.45, 7) is 7.12. The Morgan fingerprint density at radius 3 is 2.12 bits per heavy atom. The molecule has 0 amide bonds. The van der Waals surface area contributed by atoms with Crippen LogP contribution in [0.4, 0.5) is 13.2 Å². The maximum atomic E-state index is 13.1. The number of aromatic nitrogens is 2. The third-order valence-corrected chi connectivity index (χ3v) is 3.67. The molecule has 2 aromatic rings. The molecule has 1 aliphatic carbocycles. The molecular formula is C17H3F3N6. The van der Waals surface area contributed by atoms with Crippen LogP contribution in [0.15, 0.2) is 23.9 Å². The fourth-order valence-corrected chi connectivity index (χ4v) is 2.59. The minimum Gasteiger partial charge on any atom is -0.233 e. The number of rotatable bonds is 0. The number of nitrogens with zero attached hydrogens (tertiary/aromatic N) is 6. The van der Waals surface area contributed by atoms with Crippen molar-refractivity contribution in [1.82, 2.24) is 9.97 Å². The zero-order valence-corrected chi connectivity index (χ0v) is 12.5. The lowest BCUT2D eigenvalue weighted by Crippen LogP contribution is -2.05. The van der Waals surface area contributed by atoms with E-state index in [1.54, 1.807) is 18.2 Å². The molecule has 6 nitrogen and oxygen atoms in total. The first kappa shape index (κ1) is 16.6. The summed E-state index contributed by atoms with van der Waals surface area (Å²) >= 11 is 0. The highest BCUT2D eigenvalue weighted by Crippen LogP contribution is 2.46. The van der Waals surface area contributed by atoms with Gasteiger partial charge in [-0.3, -0.25) is 0 Å². The lowest BCUT2D eigenvalue weighted by atomic mass is 10.0.